The van der Waals surface area contributed by atoms with Crippen LogP contribution in [0.3, 0.4) is 0 Å². The van der Waals surface area contributed by atoms with Gasteiger partial charge in [0.1, 0.15) is 5.69 Å². The fraction of sp³-hybridized carbons (Fsp3) is 0.235. The average molecular weight is 347 g/mol. The fourth-order valence-corrected chi connectivity index (χ4v) is 2.04. The minimum atomic E-state index is -0.985. The molecule has 0 fully saturated rings. The summed E-state index contributed by atoms with van der Waals surface area (Å²) in [7, 11) is 0. The first kappa shape index (κ1) is 18.2. The quantitative estimate of drug-likeness (QED) is 0.713. The molecule has 25 heavy (non-hydrogen) atoms. The number of carbonyl (C=O) groups excluding carboxylic acids is 2. The molecule has 7 nitrogen and oxygen atoms in total. The maximum atomic E-state index is 13.7. The van der Waals surface area contributed by atoms with E-state index in [1.807, 2.05) is 0 Å². The molecular weight excluding hydrogens is 329 g/mol. The number of anilines is 1. The summed E-state index contributed by atoms with van der Waals surface area (Å²) in [6.07, 6.45) is 0. The van der Waals surface area contributed by atoms with Gasteiger partial charge < -0.3 is 20.4 Å². The Hall–Kier alpha value is -3.16. The van der Waals surface area contributed by atoms with Gasteiger partial charge in [-0.25, -0.2) is 4.39 Å². The zero-order chi connectivity index (χ0) is 18.4. The molecule has 1 aromatic carbocycles. The van der Waals surface area contributed by atoms with Crippen molar-refractivity contribution in [2.75, 3.05) is 11.9 Å². The highest BCUT2D eigenvalue weighted by Gasteiger charge is 2.15. The molecular formula is C17H18FN3O4. The normalized spacial score (nSPS) is 10.2. The van der Waals surface area contributed by atoms with Gasteiger partial charge in [0.25, 0.3) is 5.56 Å². The van der Waals surface area contributed by atoms with E-state index in [2.05, 4.69) is 15.6 Å². The highest BCUT2D eigenvalue weighted by atomic mass is 19.1. The standard InChI is InChI=1S/C17H18FN3O4/c1-3-25-14-7-5-11(8-12(14)18)9-19-16(23)17(24)21-13-6-4-10(2)20-15(13)22/h4-8H,3,9H2,1-2H3,(H,19,23)(H,20,22)(H,21,24). The smallest absolute Gasteiger partial charge is 0.313 e. The average Bonchev–Trinajstić information content (AvgIpc) is 2.57. The third-order valence-electron chi connectivity index (χ3n) is 3.26. The van der Waals surface area contributed by atoms with Crippen LogP contribution < -0.4 is 20.9 Å². The van der Waals surface area contributed by atoms with Gasteiger partial charge in [-0.1, -0.05) is 6.07 Å². The van der Waals surface area contributed by atoms with Crippen LogP contribution in [0.1, 0.15) is 18.2 Å². The molecule has 0 atom stereocenters. The summed E-state index contributed by atoms with van der Waals surface area (Å²) in [4.78, 5) is 37.8. The lowest BCUT2D eigenvalue weighted by Crippen LogP contribution is -2.36. The van der Waals surface area contributed by atoms with E-state index in [4.69, 9.17) is 4.74 Å². The topological polar surface area (TPSA) is 100 Å². The fourth-order valence-electron chi connectivity index (χ4n) is 2.04. The maximum absolute atomic E-state index is 13.7. The van der Waals surface area contributed by atoms with Gasteiger partial charge in [0.15, 0.2) is 11.6 Å². The number of hydrogen-bond donors (Lipinski definition) is 3. The zero-order valence-electron chi connectivity index (χ0n) is 13.8. The van der Waals surface area contributed by atoms with Crippen LogP contribution in [0.15, 0.2) is 35.1 Å². The summed E-state index contributed by atoms with van der Waals surface area (Å²) in [6, 6.07) is 7.25. The number of benzene rings is 1. The van der Waals surface area contributed by atoms with E-state index in [9.17, 15) is 18.8 Å². The van der Waals surface area contributed by atoms with Gasteiger partial charge in [-0.3, -0.25) is 14.4 Å². The molecule has 0 saturated carbocycles. The number of nitrogens with one attached hydrogen (secondary N) is 3. The Morgan fingerprint density at radius 2 is 1.96 bits per heavy atom. The van der Waals surface area contributed by atoms with E-state index < -0.39 is 23.2 Å². The van der Waals surface area contributed by atoms with E-state index in [0.717, 1.165) is 0 Å². The van der Waals surface area contributed by atoms with Crippen molar-refractivity contribution in [1.82, 2.24) is 10.3 Å². The van der Waals surface area contributed by atoms with Gasteiger partial charge in [-0.2, -0.15) is 0 Å². The summed E-state index contributed by atoms with van der Waals surface area (Å²) < 4.78 is 18.8. The van der Waals surface area contributed by atoms with Crippen molar-refractivity contribution in [3.8, 4) is 5.75 Å². The maximum Gasteiger partial charge on any atom is 0.313 e. The number of carbonyl (C=O) groups is 2. The number of halogens is 1. The Bertz CT molecular complexity index is 848. The zero-order valence-corrected chi connectivity index (χ0v) is 13.8. The molecule has 1 heterocycles. The minimum Gasteiger partial charge on any atom is -0.491 e. The predicted molar refractivity (Wildman–Crippen MR) is 89.8 cm³/mol. The van der Waals surface area contributed by atoms with Crippen molar-refractivity contribution in [2.45, 2.75) is 20.4 Å². The third kappa shape index (κ3) is 4.90. The predicted octanol–water partition coefficient (Wildman–Crippen LogP) is 1.48. The number of ether oxygens (including phenoxy) is 1. The number of aromatic nitrogens is 1. The number of aromatic amines is 1. The van der Waals surface area contributed by atoms with E-state index >= 15 is 0 Å². The van der Waals surface area contributed by atoms with E-state index in [1.54, 1.807) is 26.0 Å². The van der Waals surface area contributed by atoms with Crippen molar-refractivity contribution in [1.29, 1.82) is 0 Å². The first-order valence-electron chi connectivity index (χ1n) is 7.61. The molecule has 0 saturated heterocycles. The number of amides is 2. The molecule has 0 aliphatic heterocycles. The van der Waals surface area contributed by atoms with Crippen LogP contribution in [-0.4, -0.2) is 23.4 Å². The molecule has 3 N–H and O–H groups in total. The second-order valence-corrected chi connectivity index (χ2v) is 5.22. The number of H-pyrrole nitrogens is 1. The summed E-state index contributed by atoms with van der Waals surface area (Å²) >= 11 is 0. The van der Waals surface area contributed by atoms with Crippen LogP contribution in [-0.2, 0) is 16.1 Å². The van der Waals surface area contributed by atoms with Crippen LogP contribution in [0, 0.1) is 12.7 Å². The Morgan fingerprint density at radius 3 is 2.60 bits per heavy atom. The first-order chi connectivity index (χ1) is 11.9. The van der Waals surface area contributed by atoms with Crippen LogP contribution in [0.4, 0.5) is 10.1 Å². The van der Waals surface area contributed by atoms with Crippen molar-refractivity contribution >= 4 is 17.5 Å². The van der Waals surface area contributed by atoms with Crippen molar-refractivity contribution in [2.24, 2.45) is 0 Å². The molecule has 1 aromatic heterocycles. The Labute approximate surface area is 143 Å². The van der Waals surface area contributed by atoms with Crippen LogP contribution in [0.5, 0.6) is 5.75 Å². The van der Waals surface area contributed by atoms with Crippen molar-refractivity contribution in [3.63, 3.8) is 0 Å². The largest absolute Gasteiger partial charge is 0.491 e. The van der Waals surface area contributed by atoms with Gasteiger partial charge in [-0.05, 0) is 43.7 Å². The summed E-state index contributed by atoms with van der Waals surface area (Å²) in [6.45, 7) is 3.73. The van der Waals surface area contributed by atoms with Gasteiger partial charge in [0.05, 0.1) is 6.61 Å². The third-order valence-corrected chi connectivity index (χ3v) is 3.26. The van der Waals surface area contributed by atoms with Crippen LogP contribution >= 0.6 is 0 Å². The van der Waals surface area contributed by atoms with Crippen LogP contribution in [0.2, 0.25) is 0 Å². The molecule has 0 bridgehead atoms. The van der Waals surface area contributed by atoms with Gasteiger partial charge >= 0.3 is 11.8 Å². The number of aryl methyl sites for hydroxylation is 1. The van der Waals surface area contributed by atoms with Crippen LogP contribution in [0.25, 0.3) is 0 Å². The second kappa shape index (κ2) is 8.09. The summed E-state index contributed by atoms with van der Waals surface area (Å²) in [5.41, 5.74) is 0.563. The lowest BCUT2D eigenvalue weighted by molar-refractivity contribution is -0.136. The van der Waals surface area contributed by atoms with E-state index in [-0.39, 0.29) is 18.0 Å². The Kier molecular flexibility index (Phi) is 5.89. The molecule has 132 valence electrons. The molecule has 0 unspecified atom stereocenters. The Morgan fingerprint density at radius 1 is 1.20 bits per heavy atom. The SMILES string of the molecule is CCOc1ccc(CNC(=O)C(=O)Nc2ccc(C)[nH]c2=O)cc1F. The number of pyridine rings is 1. The van der Waals surface area contributed by atoms with Gasteiger partial charge in [0, 0.05) is 12.2 Å². The number of hydrogen-bond acceptors (Lipinski definition) is 4. The summed E-state index contributed by atoms with van der Waals surface area (Å²) in [5.74, 6) is -2.35. The van der Waals surface area contributed by atoms with Crippen molar-refractivity contribution < 1.29 is 18.7 Å². The molecule has 8 heteroatoms. The molecule has 0 spiro atoms. The minimum absolute atomic E-state index is 0.0298. The number of rotatable bonds is 5. The Balaban J connectivity index is 1.94. The molecule has 2 aromatic rings. The molecule has 2 rings (SSSR count). The molecule has 2 amide bonds. The second-order valence-electron chi connectivity index (χ2n) is 5.22. The van der Waals surface area contributed by atoms with E-state index in [0.29, 0.717) is 17.9 Å². The molecule has 0 aliphatic carbocycles. The monoisotopic (exact) mass is 347 g/mol. The highest BCUT2D eigenvalue weighted by Crippen LogP contribution is 2.18. The molecule has 0 aliphatic rings. The molecule has 0 radical (unpaired) electrons. The lowest BCUT2D eigenvalue weighted by atomic mass is 10.2. The van der Waals surface area contributed by atoms with E-state index in [1.165, 1.54) is 18.2 Å². The van der Waals surface area contributed by atoms with Gasteiger partial charge in [0.2, 0.25) is 0 Å². The summed E-state index contributed by atoms with van der Waals surface area (Å²) in [5, 5.41) is 4.58. The highest BCUT2D eigenvalue weighted by molar-refractivity contribution is 6.39. The first-order valence-corrected chi connectivity index (χ1v) is 7.61. The lowest BCUT2D eigenvalue weighted by Gasteiger charge is -2.08. The van der Waals surface area contributed by atoms with Gasteiger partial charge in [-0.15, -0.1) is 0 Å². The van der Waals surface area contributed by atoms with Crippen molar-refractivity contribution in [3.05, 3.63) is 57.8 Å².